The summed E-state index contributed by atoms with van der Waals surface area (Å²) in [5.41, 5.74) is 6.70. The summed E-state index contributed by atoms with van der Waals surface area (Å²) in [5.74, 6) is 0. The summed E-state index contributed by atoms with van der Waals surface area (Å²) < 4.78 is 1.12. The Morgan fingerprint density at radius 2 is 1.03 bits per heavy atom. The molecule has 0 bridgehead atoms. The molecule has 29 heavy (non-hydrogen) atoms. The molecule has 1 atom stereocenters. The monoisotopic (exact) mass is 438 g/mol. The molecule has 0 radical (unpaired) electrons. The van der Waals surface area contributed by atoms with Gasteiger partial charge in [-0.25, -0.2) is 0 Å². The molecular weight excluding hydrogens is 416 g/mol. The van der Waals surface area contributed by atoms with Gasteiger partial charge in [0.2, 0.25) is 0 Å². The van der Waals surface area contributed by atoms with Crippen molar-refractivity contribution < 1.29 is 0 Å². The van der Waals surface area contributed by atoms with Crippen LogP contribution >= 0.6 is 15.9 Å². The Morgan fingerprint density at radius 3 is 1.59 bits per heavy atom. The molecule has 142 valence electrons. The number of halogens is 1. The highest BCUT2D eigenvalue weighted by atomic mass is 79.9. The number of hydrogen-bond acceptors (Lipinski definition) is 0. The van der Waals surface area contributed by atoms with Crippen LogP contribution in [0.15, 0.2) is 114 Å². The maximum Gasteiger partial charge on any atom is 0.0466 e. The van der Waals surface area contributed by atoms with E-state index in [1.165, 1.54) is 27.8 Å². The summed E-state index contributed by atoms with van der Waals surface area (Å²) in [6.07, 6.45) is 1.01. The van der Waals surface area contributed by atoms with Gasteiger partial charge in [0.05, 0.1) is 0 Å². The summed E-state index contributed by atoms with van der Waals surface area (Å²) in [4.78, 5) is 0. The number of hydrogen-bond donors (Lipinski definition) is 0. The molecule has 1 unspecified atom stereocenters. The second kappa shape index (κ2) is 7.00. The Kier molecular flexibility index (Phi) is 4.44. The fraction of sp³-hybridized carbons (Fsp3) is 0.143. The quantitative estimate of drug-likeness (QED) is 0.310. The van der Waals surface area contributed by atoms with Gasteiger partial charge in [-0.3, -0.25) is 0 Å². The molecule has 1 aliphatic carbocycles. The Balaban J connectivity index is 1.83. The summed E-state index contributed by atoms with van der Waals surface area (Å²) >= 11 is 3.60. The Hall–Kier alpha value is -2.64. The van der Waals surface area contributed by atoms with Gasteiger partial charge in [0.15, 0.2) is 0 Å². The first-order chi connectivity index (χ1) is 14.1. The van der Waals surface area contributed by atoms with E-state index in [-0.39, 0.29) is 10.8 Å². The molecule has 5 rings (SSSR count). The highest BCUT2D eigenvalue weighted by molar-refractivity contribution is 9.10. The van der Waals surface area contributed by atoms with Crippen LogP contribution in [-0.4, -0.2) is 0 Å². The van der Waals surface area contributed by atoms with Gasteiger partial charge in [-0.2, -0.15) is 0 Å². The minimum Gasteiger partial charge on any atom is -0.0622 e. The molecule has 1 heteroatoms. The van der Waals surface area contributed by atoms with E-state index in [1.807, 2.05) is 0 Å². The lowest BCUT2D eigenvalue weighted by atomic mass is 9.67. The van der Waals surface area contributed by atoms with E-state index in [4.69, 9.17) is 0 Å². The first-order valence-corrected chi connectivity index (χ1v) is 10.9. The van der Waals surface area contributed by atoms with Crippen molar-refractivity contribution in [2.24, 2.45) is 0 Å². The van der Waals surface area contributed by atoms with Gasteiger partial charge in [-0.15, -0.1) is 0 Å². The van der Waals surface area contributed by atoms with Crippen molar-refractivity contribution in [1.82, 2.24) is 0 Å². The fourth-order valence-electron chi connectivity index (χ4n) is 5.26. The van der Waals surface area contributed by atoms with Crippen LogP contribution < -0.4 is 0 Å². The average molecular weight is 439 g/mol. The first-order valence-electron chi connectivity index (χ1n) is 10.1. The largest absolute Gasteiger partial charge is 0.0622 e. The van der Waals surface area contributed by atoms with E-state index in [1.54, 1.807) is 0 Å². The van der Waals surface area contributed by atoms with Gasteiger partial charge in [0, 0.05) is 15.3 Å². The Labute approximate surface area is 181 Å². The van der Waals surface area contributed by atoms with Gasteiger partial charge < -0.3 is 0 Å². The lowest BCUT2D eigenvalue weighted by Crippen LogP contribution is -2.30. The molecule has 0 spiro atoms. The van der Waals surface area contributed by atoms with Gasteiger partial charge in [0.1, 0.15) is 0 Å². The van der Waals surface area contributed by atoms with Gasteiger partial charge in [-0.05, 0) is 46.4 Å². The van der Waals surface area contributed by atoms with Crippen molar-refractivity contribution in [3.8, 4) is 0 Å². The maximum absolute atomic E-state index is 3.60. The molecule has 0 aromatic heterocycles. The van der Waals surface area contributed by atoms with Gasteiger partial charge in [-0.1, -0.05) is 120 Å². The van der Waals surface area contributed by atoms with E-state index in [2.05, 4.69) is 132 Å². The molecule has 0 heterocycles. The summed E-state index contributed by atoms with van der Waals surface area (Å²) in [6.45, 7) is 2.41. The first kappa shape index (κ1) is 18.4. The van der Waals surface area contributed by atoms with E-state index in [0.717, 1.165) is 10.9 Å². The smallest absolute Gasteiger partial charge is 0.0466 e. The molecule has 1 aliphatic rings. The molecule has 0 nitrogen and oxygen atoms in total. The molecule has 4 aromatic rings. The highest BCUT2D eigenvalue weighted by Crippen LogP contribution is 2.58. The van der Waals surface area contributed by atoms with Crippen molar-refractivity contribution in [2.45, 2.75) is 24.2 Å². The van der Waals surface area contributed by atoms with Crippen LogP contribution in [0.1, 0.15) is 41.2 Å². The summed E-state index contributed by atoms with van der Waals surface area (Å²) in [5, 5.41) is 0. The van der Waals surface area contributed by atoms with Crippen molar-refractivity contribution in [1.29, 1.82) is 0 Å². The van der Waals surface area contributed by atoms with Crippen LogP contribution in [0.3, 0.4) is 0 Å². The highest BCUT2D eigenvalue weighted by Gasteiger charge is 2.52. The molecule has 0 N–H and O–H groups in total. The summed E-state index contributed by atoms with van der Waals surface area (Å²) in [6, 6.07) is 39.9. The minimum atomic E-state index is -0.166. The van der Waals surface area contributed by atoms with E-state index >= 15 is 0 Å². The van der Waals surface area contributed by atoms with Crippen LogP contribution in [0.25, 0.3) is 0 Å². The third-order valence-electron chi connectivity index (χ3n) is 6.61. The fourth-order valence-corrected chi connectivity index (χ4v) is 5.52. The molecule has 0 saturated carbocycles. The lowest BCUT2D eigenvalue weighted by molar-refractivity contribution is 0.473. The predicted octanol–water partition coefficient (Wildman–Crippen LogP) is 7.49. The summed E-state index contributed by atoms with van der Waals surface area (Å²) in [7, 11) is 0. The van der Waals surface area contributed by atoms with Crippen molar-refractivity contribution in [3.63, 3.8) is 0 Å². The second-order valence-corrected chi connectivity index (χ2v) is 9.11. The van der Waals surface area contributed by atoms with Gasteiger partial charge in [0.25, 0.3) is 0 Å². The third-order valence-corrected chi connectivity index (χ3v) is 7.14. The van der Waals surface area contributed by atoms with E-state index in [0.29, 0.717) is 0 Å². The molecule has 0 saturated heterocycles. The van der Waals surface area contributed by atoms with Gasteiger partial charge >= 0.3 is 0 Å². The third kappa shape index (κ3) is 2.80. The zero-order valence-corrected chi connectivity index (χ0v) is 18.1. The average Bonchev–Trinajstić information content (AvgIpc) is 3.07. The minimum absolute atomic E-state index is 0.0665. The van der Waals surface area contributed by atoms with Crippen LogP contribution in [0.5, 0.6) is 0 Å². The number of rotatable bonds is 3. The topological polar surface area (TPSA) is 0 Å². The Bertz CT molecular complexity index is 1090. The SMILES string of the molecule is CC1(c2ccc(Br)cc2)CC(c2ccccc2)(c2ccccc2)c2ccccc21. The zero-order chi connectivity index (χ0) is 19.9. The van der Waals surface area contributed by atoms with E-state index in [9.17, 15) is 0 Å². The van der Waals surface area contributed by atoms with Crippen molar-refractivity contribution >= 4 is 15.9 Å². The second-order valence-electron chi connectivity index (χ2n) is 8.20. The lowest BCUT2D eigenvalue weighted by Gasteiger charge is -2.35. The normalized spacial score (nSPS) is 19.7. The molecule has 0 fully saturated rings. The predicted molar refractivity (Wildman–Crippen MR) is 124 cm³/mol. The zero-order valence-electron chi connectivity index (χ0n) is 16.5. The molecular formula is C28H23Br. The van der Waals surface area contributed by atoms with E-state index < -0.39 is 0 Å². The van der Waals surface area contributed by atoms with Crippen LogP contribution in [0.2, 0.25) is 0 Å². The standard InChI is InChI=1S/C28H23Br/c1-27(21-16-18-24(29)19-17-21)20-28(22-10-4-2-5-11-22,23-12-6-3-7-13-23)26-15-9-8-14-25(26)27/h2-19H,20H2,1H3. The van der Waals surface area contributed by atoms with Crippen LogP contribution in [0.4, 0.5) is 0 Å². The van der Waals surface area contributed by atoms with Crippen LogP contribution in [-0.2, 0) is 10.8 Å². The molecule has 0 amide bonds. The van der Waals surface area contributed by atoms with Crippen molar-refractivity contribution in [3.05, 3.63) is 141 Å². The molecule has 4 aromatic carbocycles. The Morgan fingerprint density at radius 1 is 0.552 bits per heavy atom. The maximum atomic E-state index is 3.60. The van der Waals surface area contributed by atoms with Crippen molar-refractivity contribution in [2.75, 3.05) is 0 Å². The number of fused-ring (bicyclic) bond motifs is 1. The molecule has 0 aliphatic heterocycles. The number of benzene rings is 4. The van der Waals surface area contributed by atoms with Crippen LogP contribution in [0, 0.1) is 0 Å².